The number of carboxylic acid groups (broad SMARTS) is 2. The van der Waals surface area contributed by atoms with Gasteiger partial charge in [-0.05, 0) is 125 Å². The molecule has 7 heteroatoms. The van der Waals surface area contributed by atoms with Crippen LogP contribution < -0.4 is 10.2 Å². The predicted molar refractivity (Wildman–Crippen MR) is 196 cm³/mol. The van der Waals surface area contributed by atoms with Crippen LogP contribution in [0.2, 0.25) is 0 Å². The van der Waals surface area contributed by atoms with E-state index < -0.39 is 11.9 Å². The average Bonchev–Trinajstić information content (AvgIpc) is 3.08. The molecule has 0 atom stereocenters. The molecule has 0 saturated heterocycles. The zero-order valence-corrected chi connectivity index (χ0v) is 33.9. The monoisotopic (exact) mass is 784 g/mol. The molecule has 47 heavy (non-hydrogen) atoms. The Morgan fingerprint density at radius 3 is 0.553 bits per heavy atom. The summed E-state index contributed by atoms with van der Waals surface area (Å²) in [7, 11) is 0.770. The molecule has 6 aliphatic rings. The van der Waals surface area contributed by atoms with Gasteiger partial charge in [-0.15, -0.1) is 0 Å². The van der Waals surface area contributed by atoms with Crippen molar-refractivity contribution in [3.8, 4) is 0 Å². The minimum Gasteiger partial charge on any atom is -0.550 e. The van der Waals surface area contributed by atoms with Crippen molar-refractivity contribution in [2.45, 2.75) is 240 Å². The standard InChI is InChI=1S/2C18H33P.2C2H4O2.Pd/c2*1-4-10-16(11-5-1)19(17-12-6-2-7-13-17)18-14-8-3-9-15-18;2*1-2(3)4;/h2*16-18H,1-15H2;2*1H3,(H,3,4);/q;;;;+2/p-2. The number of carbonyl (C=O) groups is 2. The Labute approximate surface area is 307 Å². The summed E-state index contributed by atoms with van der Waals surface area (Å²) in [5.41, 5.74) is 7.14. The van der Waals surface area contributed by atoms with Gasteiger partial charge in [-0.1, -0.05) is 131 Å². The van der Waals surface area contributed by atoms with E-state index in [1.54, 1.807) is 154 Å². The van der Waals surface area contributed by atoms with Gasteiger partial charge in [-0.3, -0.25) is 0 Å². The fourth-order valence-corrected chi connectivity index (χ4v) is 19.4. The van der Waals surface area contributed by atoms with Crippen molar-refractivity contribution in [2.75, 3.05) is 0 Å². The number of rotatable bonds is 6. The summed E-state index contributed by atoms with van der Waals surface area (Å²) in [5.74, 6) is -2.17. The third kappa shape index (κ3) is 17.5. The molecule has 0 spiro atoms. The Kier molecular flexibility index (Phi) is 24.4. The minimum atomic E-state index is -1.08. The number of hydrogen-bond acceptors (Lipinski definition) is 4. The first-order valence-electron chi connectivity index (χ1n) is 20.3. The van der Waals surface area contributed by atoms with E-state index in [0.29, 0.717) is 15.8 Å². The summed E-state index contributed by atoms with van der Waals surface area (Å²) in [6.45, 7) is 1.94. The summed E-state index contributed by atoms with van der Waals surface area (Å²) in [6.07, 6.45) is 47.2. The van der Waals surface area contributed by atoms with E-state index in [9.17, 15) is 0 Å². The van der Waals surface area contributed by atoms with E-state index in [0.717, 1.165) is 13.8 Å². The average molecular weight is 785 g/mol. The molecule has 0 aromatic heterocycles. The van der Waals surface area contributed by atoms with Gasteiger partial charge in [-0.25, -0.2) is 0 Å². The second-order valence-corrected chi connectivity index (χ2v) is 21.8. The van der Waals surface area contributed by atoms with Crippen LogP contribution in [-0.2, 0) is 30.0 Å². The first-order valence-corrected chi connectivity index (χ1v) is 23.4. The molecule has 0 bridgehead atoms. The van der Waals surface area contributed by atoms with Crippen LogP contribution in [0.3, 0.4) is 0 Å². The van der Waals surface area contributed by atoms with Gasteiger partial charge in [0.25, 0.3) is 0 Å². The molecule has 6 fully saturated rings. The normalized spacial score (nSPS) is 24.4. The largest absolute Gasteiger partial charge is 2.00 e. The van der Waals surface area contributed by atoms with Crippen LogP contribution in [0.15, 0.2) is 0 Å². The molecule has 0 aromatic carbocycles. The molecule has 4 nitrogen and oxygen atoms in total. The van der Waals surface area contributed by atoms with E-state index in [1.165, 1.54) is 72.5 Å². The van der Waals surface area contributed by atoms with E-state index in [1.807, 2.05) is 0 Å². The van der Waals surface area contributed by atoms with Gasteiger partial charge < -0.3 is 19.8 Å². The van der Waals surface area contributed by atoms with Crippen molar-refractivity contribution in [3.05, 3.63) is 0 Å². The molecule has 0 radical (unpaired) electrons. The first-order chi connectivity index (χ1) is 22.4. The molecule has 0 aliphatic heterocycles. The minimum absolute atomic E-state index is 0. The molecular weight excluding hydrogens is 713 g/mol. The fraction of sp³-hybridized carbons (Fsp3) is 0.950. The molecule has 6 rings (SSSR count). The molecule has 0 heterocycles. The Hall–Kier alpha value is 0.462. The smallest absolute Gasteiger partial charge is 0.550 e. The molecule has 0 unspecified atom stereocenters. The molecule has 6 saturated carbocycles. The Balaban J connectivity index is 0.000000262. The van der Waals surface area contributed by atoms with Crippen LogP contribution >= 0.6 is 15.8 Å². The van der Waals surface area contributed by atoms with Crippen molar-refractivity contribution < 1.29 is 40.2 Å². The van der Waals surface area contributed by atoms with E-state index >= 15 is 0 Å². The Bertz CT molecular complexity index is 632. The first kappa shape index (κ1) is 43.6. The number of carbonyl (C=O) groups excluding carboxylic acids is 2. The van der Waals surface area contributed by atoms with Crippen molar-refractivity contribution in [2.24, 2.45) is 0 Å². The molecule has 0 amide bonds. The summed E-state index contributed by atoms with van der Waals surface area (Å²) in [4.78, 5) is 17.8. The zero-order valence-electron chi connectivity index (χ0n) is 30.5. The van der Waals surface area contributed by atoms with Gasteiger partial charge in [0.2, 0.25) is 0 Å². The summed E-state index contributed by atoms with van der Waals surface area (Å²) >= 11 is 0. The van der Waals surface area contributed by atoms with Crippen molar-refractivity contribution >= 4 is 27.8 Å². The summed E-state index contributed by atoms with van der Waals surface area (Å²) < 4.78 is 0. The molecule has 0 N–H and O–H groups in total. The fourth-order valence-electron chi connectivity index (χ4n) is 10.1. The van der Waals surface area contributed by atoms with Gasteiger partial charge >= 0.3 is 20.4 Å². The van der Waals surface area contributed by atoms with Gasteiger partial charge in [0.05, 0.1) is 0 Å². The second-order valence-electron chi connectivity index (χ2n) is 15.6. The van der Waals surface area contributed by atoms with Crippen LogP contribution in [0.1, 0.15) is 206 Å². The van der Waals surface area contributed by atoms with Crippen LogP contribution in [0, 0.1) is 0 Å². The van der Waals surface area contributed by atoms with E-state index in [2.05, 4.69) is 0 Å². The third-order valence-corrected chi connectivity index (χ3v) is 20.1. The van der Waals surface area contributed by atoms with Crippen molar-refractivity contribution in [3.63, 3.8) is 0 Å². The number of hydrogen-bond donors (Lipinski definition) is 0. The Morgan fingerprint density at radius 2 is 0.447 bits per heavy atom. The third-order valence-electron chi connectivity index (χ3n) is 12.0. The SMILES string of the molecule is C1CCC(P(C2CCCCC2)C2CCCCC2)CC1.C1CCC(P(C2CCCCC2)C2CCCCC2)CC1.CC(=O)[O-].CC(=O)[O-].[Pd+2]. The predicted octanol–water partition coefficient (Wildman–Crippen LogP) is 10.4. The van der Waals surface area contributed by atoms with E-state index in [-0.39, 0.29) is 20.4 Å². The number of carboxylic acids is 2. The topological polar surface area (TPSA) is 80.3 Å². The zero-order chi connectivity index (χ0) is 33.0. The molecule has 0 aromatic rings. The van der Waals surface area contributed by atoms with Crippen LogP contribution in [0.25, 0.3) is 0 Å². The van der Waals surface area contributed by atoms with Gasteiger partial charge in [0.15, 0.2) is 0 Å². The quantitative estimate of drug-likeness (QED) is 0.198. The van der Waals surface area contributed by atoms with Gasteiger partial charge in [0, 0.05) is 11.9 Å². The molecule has 276 valence electrons. The van der Waals surface area contributed by atoms with Crippen molar-refractivity contribution in [1.82, 2.24) is 0 Å². The van der Waals surface area contributed by atoms with Crippen LogP contribution in [-0.4, -0.2) is 45.9 Å². The van der Waals surface area contributed by atoms with Gasteiger partial charge in [-0.2, -0.15) is 0 Å². The molecular formula is C40H72O4P2Pd. The van der Waals surface area contributed by atoms with Crippen molar-refractivity contribution in [1.29, 1.82) is 0 Å². The van der Waals surface area contributed by atoms with Gasteiger partial charge in [0.1, 0.15) is 0 Å². The maximum absolute atomic E-state index is 8.89. The maximum atomic E-state index is 8.89. The Morgan fingerprint density at radius 1 is 0.340 bits per heavy atom. The van der Waals surface area contributed by atoms with Crippen LogP contribution in [0.5, 0.6) is 0 Å². The molecule has 6 aliphatic carbocycles. The number of aliphatic carboxylic acids is 2. The summed E-state index contributed by atoms with van der Waals surface area (Å²) in [6, 6.07) is 0. The summed E-state index contributed by atoms with van der Waals surface area (Å²) in [5, 5.41) is 17.8. The maximum Gasteiger partial charge on any atom is 2.00 e. The van der Waals surface area contributed by atoms with Crippen LogP contribution in [0.4, 0.5) is 0 Å². The van der Waals surface area contributed by atoms with E-state index in [4.69, 9.17) is 19.8 Å². The second kappa shape index (κ2) is 26.3.